The van der Waals surface area contributed by atoms with E-state index in [0.29, 0.717) is 5.02 Å². The summed E-state index contributed by atoms with van der Waals surface area (Å²) in [6, 6.07) is 6.98. The summed E-state index contributed by atoms with van der Waals surface area (Å²) in [6.45, 7) is 0. The van der Waals surface area contributed by atoms with Gasteiger partial charge in [0.1, 0.15) is 10.8 Å². The molecule has 1 aromatic heterocycles. The van der Waals surface area contributed by atoms with E-state index in [1.54, 1.807) is 6.07 Å². The van der Waals surface area contributed by atoms with Gasteiger partial charge in [0.15, 0.2) is 0 Å². The average Bonchev–Trinajstić information content (AvgIpc) is 2.38. The second-order valence-corrected chi connectivity index (χ2v) is 4.52. The van der Waals surface area contributed by atoms with Crippen LogP contribution in [0.4, 0.5) is 11.5 Å². The van der Waals surface area contributed by atoms with E-state index in [9.17, 15) is 14.9 Å². The Balaban J connectivity index is 2.30. The van der Waals surface area contributed by atoms with Gasteiger partial charge in [-0.05, 0) is 18.2 Å². The summed E-state index contributed by atoms with van der Waals surface area (Å²) >= 11 is 11.6. The van der Waals surface area contributed by atoms with E-state index in [0.717, 1.165) is 0 Å². The number of aromatic nitrogens is 1. The number of nitro benzene ring substituents is 1. The highest BCUT2D eigenvalue weighted by Crippen LogP contribution is 2.28. The lowest BCUT2D eigenvalue weighted by molar-refractivity contribution is -0.384. The molecule has 0 aliphatic carbocycles. The normalized spacial score (nSPS) is 10.1. The molecule has 6 nitrogen and oxygen atoms in total. The van der Waals surface area contributed by atoms with Crippen molar-refractivity contribution in [1.82, 2.24) is 4.98 Å². The number of amides is 1. The number of hydrogen-bond donors (Lipinski definition) is 1. The molecule has 102 valence electrons. The molecular weight excluding hydrogens is 305 g/mol. The summed E-state index contributed by atoms with van der Waals surface area (Å²) in [4.78, 5) is 26.0. The monoisotopic (exact) mass is 311 g/mol. The van der Waals surface area contributed by atoms with Gasteiger partial charge < -0.3 is 5.32 Å². The summed E-state index contributed by atoms with van der Waals surface area (Å²) in [7, 11) is 0. The first kappa shape index (κ1) is 14.2. The van der Waals surface area contributed by atoms with Crippen molar-refractivity contribution >= 4 is 40.6 Å². The summed E-state index contributed by atoms with van der Waals surface area (Å²) in [5.41, 5.74) is -0.346. The van der Waals surface area contributed by atoms with Gasteiger partial charge in [-0.25, -0.2) is 4.98 Å². The lowest BCUT2D eigenvalue weighted by Crippen LogP contribution is -2.13. The molecule has 0 bridgehead atoms. The first-order chi connectivity index (χ1) is 9.49. The summed E-state index contributed by atoms with van der Waals surface area (Å²) in [5.74, 6) is -0.376. The number of nitro groups is 1. The number of halogens is 2. The third-order valence-electron chi connectivity index (χ3n) is 2.38. The minimum absolute atomic E-state index is 0.0114. The number of carbonyl (C=O) groups excluding carboxylic acids is 1. The van der Waals surface area contributed by atoms with E-state index in [1.165, 1.54) is 30.5 Å². The quantitative estimate of drug-likeness (QED) is 0.693. The number of anilines is 1. The van der Waals surface area contributed by atoms with Crippen molar-refractivity contribution in [2.24, 2.45) is 0 Å². The molecule has 0 saturated heterocycles. The zero-order chi connectivity index (χ0) is 14.7. The van der Waals surface area contributed by atoms with E-state index in [1.807, 2.05) is 0 Å². The molecule has 2 rings (SSSR count). The van der Waals surface area contributed by atoms with Gasteiger partial charge >= 0.3 is 0 Å². The van der Waals surface area contributed by atoms with Crippen LogP contribution in [-0.2, 0) is 0 Å². The second kappa shape index (κ2) is 5.85. The Morgan fingerprint density at radius 2 is 2.05 bits per heavy atom. The minimum atomic E-state index is -0.656. The molecule has 8 heteroatoms. The fourth-order valence-corrected chi connectivity index (χ4v) is 1.93. The van der Waals surface area contributed by atoms with Crippen LogP contribution in [0.15, 0.2) is 36.5 Å². The summed E-state index contributed by atoms with van der Waals surface area (Å²) in [6.07, 6.45) is 1.42. The molecule has 0 atom stereocenters. The molecule has 1 amide bonds. The van der Waals surface area contributed by atoms with E-state index < -0.39 is 10.8 Å². The highest BCUT2D eigenvalue weighted by Gasteiger charge is 2.20. The highest BCUT2D eigenvalue weighted by atomic mass is 35.5. The topological polar surface area (TPSA) is 85.1 Å². The Hall–Kier alpha value is -2.18. The number of benzene rings is 1. The third kappa shape index (κ3) is 3.04. The maximum Gasteiger partial charge on any atom is 0.288 e. The number of carbonyl (C=O) groups is 1. The Morgan fingerprint density at radius 1 is 1.30 bits per heavy atom. The van der Waals surface area contributed by atoms with Gasteiger partial charge in [-0.2, -0.15) is 0 Å². The lowest BCUT2D eigenvalue weighted by Gasteiger charge is -2.06. The number of pyridine rings is 1. The van der Waals surface area contributed by atoms with E-state index >= 15 is 0 Å². The number of nitrogens with one attached hydrogen (secondary N) is 1. The zero-order valence-corrected chi connectivity index (χ0v) is 11.4. The van der Waals surface area contributed by atoms with Gasteiger partial charge in [-0.1, -0.05) is 29.3 Å². The molecule has 0 fully saturated rings. The molecule has 1 heterocycles. The smallest absolute Gasteiger partial charge is 0.288 e. The van der Waals surface area contributed by atoms with Crippen LogP contribution < -0.4 is 5.32 Å². The third-order valence-corrected chi connectivity index (χ3v) is 3.02. The van der Waals surface area contributed by atoms with Crippen molar-refractivity contribution in [3.63, 3.8) is 0 Å². The average molecular weight is 312 g/mol. The Morgan fingerprint density at radius 3 is 2.70 bits per heavy atom. The minimum Gasteiger partial charge on any atom is -0.306 e. The van der Waals surface area contributed by atoms with Crippen LogP contribution in [0.2, 0.25) is 10.0 Å². The first-order valence-corrected chi connectivity index (χ1v) is 6.10. The van der Waals surface area contributed by atoms with Gasteiger partial charge in [0.05, 0.1) is 10.5 Å². The van der Waals surface area contributed by atoms with Crippen LogP contribution in [0.5, 0.6) is 0 Å². The molecule has 0 saturated carbocycles. The maximum atomic E-state index is 12.0. The SMILES string of the molecule is O=C(Nc1cc(Cl)ccn1)c1cccc([N+](=O)[O-])c1Cl. The van der Waals surface area contributed by atoms with Gasteiger partial charge in [0, 0.05) is 17.3 Å². The predicted molar refractivity (Wildman–Crippen MR) is 75.3 cm³/mol. The Kier molecular flexibility index (Phi) is 4.16. The van der Waals surface area contributed by atoms with Crippen LogP contribution in [0.25, 0.3) is 0 Å². The van der Waals surface area contributed by atoms with Crippen molar-refractivity contribution < 1.29 is 9.72 Å². The fraction of sp³-hybridized carbons (Fsp3) is 0. The number of nitrogens with zero attached hydrogens (tertiary/aromatic N) is 2. The standard InChI is InChI=1S/C12H7Cl2N3O3/c13-7-4-5-15-10(6-7)16-12(18)8-2-1-3-9(11(8)14)17(19)20/h1-6H,(H,15,16,18). The van der Waals surface area contributed by atoms with Crippen LogP contribution in [0.3, 0.4) is 0 Å². The zero-order valence-electron chi connectivity index (χ0n) is 9.84. The van der Waals surface area contributed by atoms with Gasteiger partial charge in [0.25, 0.3) is 11.6 Å². The van der Waals surface area contributed by atoms with Crippen molar-refractivity contribution in [3.05, 3.63) is 62.3 Å². The van der Waals surface area contributed by atoms with Crippen molar-refractivity contribution in [2.75, 3.05) is 5.32 Å². The van der Waals surface area contributed by atoms with Crippen LogP contribution >= 0.6 is 23.2 Å². The number of rotatable bonds is 3. The first-order valence-electron chi connectivity index (χ1n) is 5.35. The highest BCUT2D eigenvalue weighted by molar-refractivity contribution is 6.36. The molecule has 2 aromatic rings. The molecule has 0 spiro atoms. The van der Waals surface area contributed by atoms with Crippen molar-refractivity contribution in [3.8, 4) is 0 Å². The Bertz CT molecular complexity index is 691. The van der Waals surface area contributed by atoms with Gasteiger partial charge in [0.2, 0.25) is 0 Å². The largest absolute Gasteiger partial charge is 0.306 e. The second-order valence-electron chi connectivity index (χ2n) is 3.71. The molecule has 1 aromatic carbocycles. The maximum absolute atomic E-state index is 12.0. The van der Waals surface area contributed by atoms with Crippen LogP contribution in [0.1, 0.15) is 10.4 Å². The van der Waals surface area contributed by atoms with E-state index in [-0.39, 0.29) is 22.1 Å². The molecule has 20 heavy (non-hydrogen) atoms. The molecule has 0 aliphatic heterocycles. The Labute approximate surface area is 123 Å². The van der Waals surface area contributed by atoms with Crippen molar-refractivity contribution in [2.45, 2.75) is 0 Å². The molecule has 0 unspecified atom stereocenters. The van der Waals surface area contributed by atoms with E-state index in [4.69, 9.17) is 23.2 Å². The molecule has 0 radical (unpaired) electrons. The van der Waals surface area contributed by atoms with E-state index in [2.05, 4.69) is 10.3 Å². The van der Waals surface area contributed by atoms with Gasteiger partial charge in [-0.3, -0.25) is 14.9 Å². The number of hydrogen-bond acceptors (Lipinski definition) is 4. The predicted octanol–water partition coefficient (Wildman–Crippen LogP) is 3.55. The molecule has 0 aliphatic rings. The summed E-state index contributed by atoms with van der Waals surface area (Å²) in [5, 5.41) is 13.4. The molecule has 1 N–H and O–H groups in total. The van der Waals surface area contributed by atoms with Gasteiger partial charge in [-0.15, -0.1) is 0 Å². The van der Waals surface area contributed by atoms with Crippen LogP contribution in [-0.4, -0.2) is 15.8 Å². The lowest BCUT2D eigenvalue weighted by atomic mass is 10.2. The summed E-state index contributed by atoms with van der Waals surface area (Å²) < 4.78 is 0. The molecular formula is C12H7Cl2N3O3. The van der Waals surface area contributed by atoms with Crippen molar-refractivity contribution in [1.29, 1.82) is 0 Å². The fourth-order valence-electron chi connectivity index (χ4n) is 1.49. The van der Waals surface area contributed by atoms with Crippen LogP contribution in [0, 0.1) is 10.1 Å².